The summed E-state index contributed by atoms with van der Waals surface area (Å²) in [7, 11) is -2.40. The zero-order valence-corrected chi connectivity index (χ0v) is 13.5. The fourth-order valence-corrected chi connectivity index (χ4v) is 3.49. The van der Waals surface area contributed by atoms with Gasteiger partial charge in [0, 0.05) is 12.8 Å². The summed E-state index contributed by atoms with van der Waals surface area (Å²) in [4.78, 5) is 23.0. The molecular weight excluding hydrogens is 300 g/mol. The summed E-state index contributed by atoms with van der Waals surface area (Å²) < 4.78 is 37.8. The lowest BCUT2D eigenvalue weighted by atomic mass is 9.76. The van der Waals surface area contributed by atoms with Crippen LogP contribution in [0.25, 0.3) is 0 Å². The van der Waals surface area contributed by atoms with Crippen molar-refractivity contribution in [3.63, 3.8) is 0 Å². The van der Waals surface area contributed by atoms with Crippen molar-refractivity contribution in [3.05, 3.63) is 0 Å². The Morgan fingerprint density at radius 2 is 1.76 bits per heavy atom. The van der Waals surface area contributed by atoms with Gasteiger partial charge in [0.25, 0.3) is 10.1 Å². The van der Waals surface area contributed by atoms with Crippen LogP contribution in [0, 0.1) is 11.8 Å². The van der Waals surface area contributed by atoms with Gasteiger partial charge in [-0.15, -0.1) is 0 Å². The normalized spacial score (nSPS) is 29.7. The molecule has 1 rings (SSSR count). The Balaban J connectivity index is 3.00. The van der Waals surface area contributed by atoms with E-state index in [2.05, 4.69) is 0 Å². The molecule has 122 valence electrons. The molecule has 0 N–H and O–H groups in total. The van der Waals surface area contributed by atoms with Gasteiger partial charge in [0.05, 0.1) is 25.4 Å². The summed E-state index contributed by atoms with van der Waals surface area (Å²) in [6.07, 6.45) is 0.822. The van der Waals surface area contributed by atoms with E-state index in [1.807, 2.05) is 6.92 Å². The number of methoxy groups -OCH3 is 1. The van der Waals surface area contributed by atoms with E-state index in [1.165, 1.54) is 14.0 Å². The third-order valence-corrected chi connectivity index (χ3v) is 4.21. The summed E-state index contributed by atoms with van der Waals surface area (Å²) in [5, 5.41) is 0. The molecular formula is C13H22O7S. The maximum atomic E-state index is 11.7. The molecule has 0 saturated heterocycles. The molecule has 1 fully saturated rings. The fourth-order valence-electron chi connectivity index (χ4n) is 2.81. The molecule has 1 saturated carbocycles. The third-order valence-electron chi connectivity index (χ3n) is 3.61. The molecule has 0 aromatic carbocycles. The monoisotopic (exact) mass is 322 g/mol. The van der Waals surface area contributed by atoms with Crippen LogP contribution in [-0.4, -0.2) is 45.9 Å². The minimum absolute atomic E-state index is 0.232. The highest BCUT2D eigenvalue weighted by atomic mass is 32.2. The van der Waals surface area contributed by atoms with Crippen molar-refractivity contribution < 1.29 is 31.7 Å². The molecule has 0 bridgehead atoms. The van der Waals surface area contributed by atoms with Crippen molar-refractivity contribution in [3.8, 4) is 0 Å². The molecule has 4 atom stereocenters. The number of carbonyl (C=O) groups excluding carboxylic acids is 2. The number of carbonyl (C=O) groups is 2. The fraction of sp³-hybridized carbons (Fsp3) is 0.846. The van der Waals surface area contributed by atoms with Gasteiger partial charge in [0.15, 0.2) is 0 Å². The zero-order valence-electron chi connectivity index (χ0n) is 12.7. The molecule has 0 aliphatic heterocycles. The lowest BCUT2D eigenvalue weighted by Gasteiger charge is -2.39. The van der Waals surface area contributed by atoms with Crippen LogP contribution < -0.4 is 0 Å². The molecule has 0 unspecified atom stereocenters. The van der Waals surface area contributed by atoms with Crippen LogP contribution in [0.15, 0.2) is 0 Å². The van der Waals surface area contributed by atoms with Crippen molar-refractivity contribution in [1.82, 2.24) is 0 Å². The summed E-state index contributed by atoms with van der Waals surface area (Å²) in [5.41, 5.74) is 0. The molecule has 1 aliphatic rings. The maximum absolute atomic E-state index is 11.7. The van der Waals surface area contributed by atoms with E-state index in [0.29, 0.717) is 12.8 Å². The second-order valence-corrected chi connectivity index (χ2v) is 6.85. The van der Waals surface area contributed by atoms with E-state index in [4.69, 9.17) is 13.7 Å². The van der Waals surface area contributed by atoms with Gasteiger partial charge in [-0.2, -0.15) is 8.42 Å². The number of rotatable bonds is 5. The Morgan fingerprint density at radius 3 is 2.19 bits per heavy atom. The first-order chi connectivity index (χ1) is 9.67. The molecule has 21 heavy (non-hydrogen) atoms. The molecule has 1 aliphatic carbocycles. The molecule has 0 amide bonds. The van der Waals surface area contributed by atoms with Crippen LogP contribution in [0.5, 0.6) is 0 Å². The third kappa shape index (κ3) is 5.28. The number of ether oxygens (including phenoxy) is 2. The largest absolute Gasteiger partial charge is 0.469 e. The van der Waals surface area contributed by atoms with Gasteiger partial charge in [0.1, 0.15) is 6.10 Å². The summed E-state index contributed by atoms with van der Waals surface area (Å²) in [5.74, 6) is -1.75. The van der Waals surface area contributed by atoms with Gasteiger partial charge >= 0.3 is 11.9 Å². The predicted octanol–water partition coefficient (Wildman–Crippen LogP) is 0.872. The van der Waals surface area contributed by atoms with Crippen LogP contribution in [0.4, 0.5) is 0 Å². The molecule has 0 spiro atoms. The highest BCUT2D eigenvalue weighted by molar-refractivity contribution is 7.86. The Labute approximate surface area is 125 Å². The van der Waals surface area contributed by atoms with Crippen LogP contribution in [-0.2, 0) is 33.4 Å². The van der Waals surface area contributed by atoms with Crippen molar-refractivity contribution in [1.29, 1.82) is 0 Å². The predicted molar refractivity (Wildman–Crippen MR) is 73.8 cm³/mol. The van der Waals surface area contributed by atoms with Crippen molar-refractivity contribution >= 4 is 22.1 Å². The summed E-state index contributed by atoms with van der Waals surface area (Å²) in [6.45, 7) is 3.14. The van der Waals surface area contributed by atoms with E-state index in [1.54, 1.807) is 0 Å². The lowest BCUT2D eigenvalue weighted by Crippen LogP contribution is -2.46. The Morgan fingerprint density at radius 1 is 1.19 bits per heavy atom. The molecule has 0 aromatic rings. The second kappa shape index (κ2) is 7.22. The van der Waals surface area contributed by atoms with E-state index >= 15 is 0 Å². The van der Waals surface area contributed by atoms with Gasteiger partial charge in [-0.3, -0.25) is 13.8 Å². The zero-order chi connectivity index (χ0) is 16.2. The highest BCUT2D eigenvalue weighted by Crippen LogP contribution is 2.36. The maximum Gasteiger partial charge on any atom is 0.308 e. The second-order valence-electron chi connectivity index (χ2n) is 5.25. The molecule has 7 nitrogen and oxygen atoms in total. The quantitative estimate of drug-likeness (QED) is 0.547. The van der Waals surface area contributed by atoms with Gasteiger partial charge < -0.3 is 9.47 Å². The summed E-state index contributed by atoms with van der Waals surface area (Å²) >= 11 is 0. The topological polar surface area (TPSA) is 96.0 Å². The summed E-state index contributed by atoms with van der Waals surface area (Å²) in [6, 6.07) is 0. The molecule has 0 aromatic heterocycles. The SMILES string of the molecule is CC[C@H]1[C@@H](OS(C)(=O)=O)C[C@@H](C(=O)OC)C[C@H]1OC(C)=O. The average Bonchev–Trinajstić information content (AvgIpc) is 2.34. The highest BCUT2D eigenvalue weighted by Gasteiger charge is 2.43. The van der Waals surface area contributed by atoms with Crippen LogP contribution in [0.2, 0.25) is 0 Å². The first-order valence-electron chi connectivity index (χ1n) is 6.81. The first kappa shape index (κ1) is 17.9. The van der Waals surface area contributed by atoms with Gasteiger partial charge in [0.2, 0.25) is 0 Å². The first-order valence-corrected chi connectivity index (χ1v) is 8.62. The standard InChI is InChI=1S/C13H22O7S/c1-5-10-11(19-8(2)14)6-9(13(15)18-3)7-12(10)20-21(4,16)17/h9-12H,5-7H2,1-4H3/t9-,10+,11+,12-/m0/s1. The van der Waals surface area contributed by atoms with Crippen LogP contribution in [0.3, 0.4) is 0 Å². The van der Waals surface area contributed by atoms with Crippen LogP contribution >= 0.6 is 0 Å². The van der Waals surface area contributed by atoms with Crippen molar-refractivity contribution in [2.45, 2.75) is 45.3 Å². The number of hydrogen-bond acceptors (Lipinski definition) is 7. The molecule has 0 heterocycles. The van der Waals surface area contributed by atoms with Crippen LogP contribution in [0.1, 0.15) is 33.1 Å². The number of hydrogen-bond donors (Lipinski definition) is 0. The van der Waals surface area contributed by atoms with Gasteiger partial charge in [-0.05, 0) is 19.3 Å². The Kier molecular flexibility index (Phi) is 6.15. The molecule has 8 heteroatoms. The number of esters is 2. The average molecular weight is 322 g/mol. The minimum Gasteiger partial charge on any atom is -0.469 e. The van der Waals surface area contributed by atoms with Gasteiger partial charge in [-0.25, -0.2) is 0 Å². The van der Waals surface area contributed by atoms with E-state index in [-0.39, 0.29) is 12.3 Å². The van der Waals surface area contributed by atoms with Gasteiger partial charge in [-0.1, -0.05) is 6.92 Å². The van der Waals surface area contributed by atoms with Crippen molar-refractivity contribution in [2.75, 3.05) is 13.4 Å². The van der Waals surface area contributed by atoms with Crippen molar-refractivity contribution in [2.24, 2.45) is 11.8 Å². The Hall–Kier alpha value is -1.15. The lowest BCUT2D eigenvalue weighted by molar-refractivity contribution is -0.164. The minimum atomic E-state index is -3.67. The Bertz CT molecular complexity index is 485. The van der Waals surface area contributed by atoms with E-state index < -0.39 is 40.2 Å². The molecule has 0 radical (unpaired) electrons. The smallest absolute Gasteiger partial charge is 0.308 e. The van der Waals surface area contributed by atoms with E-state index in [0.717, 1.165) is 6.26 Å². The van der Waals surface area contributed by atoms with E-state index in [9.17, 15) is 18.0 Å².